The van der Waals surface area contributed by atoms with Crippen LogP contribution in [0.3, 0.4) is 0 Å². The highest BCUT2D eigenvalue weighted by atomic mass is 32.2. The van der Waals surface area contributed by atoms with Crippen LogP contribution in [-0.2, 0) is 4.79 Å². The highest BCUT2D eigenvalue weighted by molar-refractivity contribution is 8.26. The van der Waals surface area contributed by atoms with Crippen LogP contribution in [0.15, 0.2) is 41.8 Å². The molecular weight excluding hydrogens is 266 g/mol. The molecular formula is C13H11NO2S2. The van der Waals surface area contributed by atoms with E-state index >= 15 is 0 Å². The Balaban J connectivity index is 2.24. The van der Waals surface area contributed by atoms with Gasteiger partial charge >= 0.3 is 0 Å². The van der Waals surface area contributed by atoms with Crippen molar-refractivity contribution in [2.24, 2.45) is 0 Å². The van der Waals surface area contributed by atoms with Crippen LogP contribution in [0.25, 0.3) is 6.08 Å². The monoisotopic (exact) mass is 277 g/mol. The SMILES string of the molecule is C=CCN1C(=O)C(=Cc2ccc(O)cc2)SC1=S. The second kappa shape index (κ2) is 5.37. The summed E-state index contributed by atoms with van der Waals surface area (Å²) in [5, 5.41) is 9.19. The van der Waals surface area contributed by atoms with Crippen LogP contribution >= 0.6 is 24.0 Å². The minimum atomic E-state index is -0.0991. The predicted molar refractivity (Wildman–Crippen MR) is 78.2 cm³/mol. The lowest BCUT2D eigenvalue weighted by molar-refractivity contribution is -0.121. The molecule has 1 fully saturated rings. The van der Waals surface area contributed by atoms with Crippen molar-refractivity contribution in [1.29, 1.82) is 0 Å². The molecule has 0 aliphatic carbocycles. The molecule has 0 bridgehead atoms. The van der Waals surface area contributed by atoms with Crippen molar-refractivity contribution in [3.63, 3.8) is 0 Å². The molecule has 1 saturated heterocycles. The molecule has 1 aromatic carbocycles. The number of thioether (sulfide) groups is 1. The fourth-order valence-corrected chi connectivity index (χ4v) is 2.78. The summed E-state index contributed by atoms with van der Waals surface area (Å²) in [5.41, 5.74) is 0.854. The van der Waals surface area contributed by atoms with Crippen molar-refractivity contribution in [2.45, 2.75) is 0 Å². The van der Waals surface area contributed by atoms with E-state index in [-0.39, 0.29) is 11.7 Å². The van der Waals surface area contributed by atoms with Gasteiger partial charge in [0.1, 0.15) is 10.1 Å². The van der Waals surface area contributed by atoms with Gasteiger partial charge in [0, 0.05) is 6.54 Å². The molecule has 0 spiro atoms. The zero-order chi connectivity index (χ0) is 13.1. The molecule has 0 radical (unpaired) electrons. The molecule has 3 nitrogen and oxygen atoms in total. The lowest BCUT2D eigenvalue weighted by Gasteiger charge is -2.10. The van der Waals surface area contributed by atoms with Gasteiger partial charge in [0.2, 0.25) is 0 Å². The molecule has 5 heteroatoms. The second-order valence-corrected chi connectivity index (χ2v) is 5.35. The Bertz CT molecular complexity index is 534. The lowest BCUT2D eigenvalue weighted by atomic mass is 10.2. The quantitative estimate of drug-likeness (QED) is 0.524. The van der Waals surface area contributed by atoms with Gasteiger partial charge in [-0.25, -0.2) is 0 Å². The Morgan fingerprint density at radius 3 is 2.67 bits per heavy atom. The van der Waals surface area contributed by atoms with Crippen LogP contribution in [0.1, 0.15) is 5.56 Å². The third-order valence-electron chi connectivity index (χ3n) is 2.38. The largest absolute Gasteiger partial charge is 0.508 e. The number of aromatic hydroxyl groups is 1. The topological polar surface area (TPSA) is 40.5 Å². The van der Waals surface area contributed by atoms with Gasteiger partial charge in [-0.2, -0.15) is 0 Å². The average Bonchev–Trinajstić information content (AvgIpc) is 2.60. The molecule has 0 unspecified atom stereocenters. The fourth-order valence-electron chi connectivity index (χ4n) is 1.51. The van der Waals surface area contributed by atoms with E-state index in [0.29, 0.717) is 15.8 Å². The van der Waals surface area contributed by atoms with E-state index in [9.17, 15) is 9.90 Å². The number of carbonyl (C=O) groups excluding carboxylic acids is 1. The molecule has 1 aliphatic heterocycles. The smallest absolute Gasteiger partial charge is 0.266 e. The third kappa shape index (κ3) is 2.63. The molecule has 1 N–H and O–H groups in total. The van der Waals surface area contributed by atoms with E-state index in [1.54, 1.807) is 36.4 Å². The molecule has 0 atom stereocenters. The van der Waals surface area contributed by atoms with Gasteiger partial charge in [0.15, 0.2) is 0 Å². The first-order chi connectivity index (χ1) is 8.61. The second-order valence-electron chi connectivity index (χ2n) is 3.67. The van der Waals surface area contributed by atoms with Crippen LogP contribution in [-0.4, -0.2) is 26.8 Å². The van der Waals surface area contributed by atoms with Gasteiger partial charge in [0.25, 0.3) is 5.91 Å². The first-order valence-corrected chi connectivity index (χ1v) is 6.49. The molecule has 18 heavy (non-hydrogen) atoms. The molecule has 0 saturated carbocycles. The summed E-state index contributed by atoms with van der Waals surface area (Å²) in [7, 11) is 0. The van der Waals surface area contributed by atoms with E-state index < -0.39 is 0 Å². The lowest BCUT2D eigenvalue weighted by Crippen LogP contribution is -2.27. The van der Waals surface area contributed by atoms with E-state index in [4.69, 9.17) is 12.2 Å². The number of phenols is 1. The van der Waals surface area contributed by atoms with E-state index in [0.717, 1.165) is 5.56 Å². The van der Waals surface area contributed by atoms with Crippen molar-refractivity contribution >= 4 is 40.3 Å². The highest BCUT2D eigenvalue weighted by Gasteiger charge is 2.30. The first kappa shape index (κ1) is 12.9. The number of nitrogens with zero attached hydrogens (tertiary/aromatic N) is 1. The van der Waals surface area contributed by atoms with Gasteiger partial charge in [-0.05, 0) is 23.8 Å². The third-order valence-corrected chi connectivity index (χ3v) is 3.75. The minimum absolute atomic E-state index is 0.0991. The van der Waals surface area contributed by atoms with Crippen LogP contribution < -0.4 is 0 Å². The molecule has 1 amide bonds. The zero-order valence-corrected chi connectivity index (χ0v) is 11.1. The summed E-state index contributed by atoms with van der Waals surface area (Å²) in [6.45, 7) is 4.03. The summed E-state index contributed by atoms with van der Waals surface area (Å²) in [6, 6.07) is 6.65. The summed E-state index contributed by atoms with van der Waals surface area (Å²) in [4.78, 5) is 14.1. The maximum atomic E-state index is 12.0. The Labute approximate surface area is 115 Å². The molecule has 0 aromatic heterocycles. The first-order valence-electron chi connectivity index (χ1n) is 5.27. The molecule has 2 rings (SSSR count). The molecule has 92 valence electrons. The highest BCUT2D eigenvalue weighted by Crippen LogP contribution is 2.32. The molecule has 1 heterocycles. The number of hydrogen-bond donors (Lipinski definition) is 1. The molecule has 1 aliphatic rings. The molecule has 1 aromatic rings. The van der Waals surface area contributed by atoms with Crippen molar-refractivity contribution in [3.8, 4) is 5.75 Å². The Hall–Kier alpha value is -1.59. The number of hydrogen-bond acceptors (Lipinski definition) is 4. The maximum absolute atomic E-state index is 12.0. The van der Waals surface area contributed by atoms with Crippen molar-refractivity contribution in [1.82, 2.24) is 4.90 Å². The summed E-state index contributed by atoms with van der Waals surface area (Å²) in [6.07, 6.45) is 3.41. The fraction of sp³-hybridized carbons (Fsp3) is 0.0769. The number of rotatable bonds is 3. The minimum Gasteiger partial charge on any atom is -0.508 e. The number of benzene rings is 1. The summed E-state index contributed by atoms with van der Waals surface area (Å²) < 4.78 is 0.546. The zero-order valence-electron chi connectivity index (χ0n) is 9.50. The van der Waals surface area contributed by atoms with Crippen molar-refractivity contribution in [2.75, 3.05) is 6.54 Å². The van der Waals surface area contributed by atoms with E-state index in [1.165, 1.54) is 16.7 Å². The normalized spacial score (nSPS) is 17.6. The average molecular weight is 277 g/mol. The number of carbonyl (C=O) groups is 1. The van der Waals surface area contributed by atoms with Gasteiger partial charge in [0.05, 0.1) is 4.91 Å². The van der Waals surface area contributed by atoms with E-state index in [1.807, 2.05) is 0 Å². The van der Waals surface area contributed by atoms with Gasteiger partial charge in [-0.1, -0.05) is 42.2 Å². The van der Waals surface area contributed by atoms with Crippen LogP contribution in [0, 0.1) is 0 Å². The van der Waals surface area contributed by atoms with Gasteiger partial charge < -0.3 is 5.11 Å². The number of phenolic OH excluding ortho intramolecular Hbond substituents is 1. The van der Waals surface area contributed by atoms with Crippen LogP contribution in [0.5, 0.6) is 5.75 Å². The van der Waals surface area contributed by atoms with Gasteiger partial charge in [-0.15, -0.1) is 6.58 Å². The summed E-state index contributed by atoms with van der Waals surface area (Å²) >= 11 is 6.42. The number of amides is 1. The maximum Gasteiger partial charge on any atom is 0.266 e. The Morgan fingerprint density at radius 2 is 2.06 bits per heavy atom. The standard InChI is InChI=1S/C13H11NO2S2/c1-2-7-14-12(16)11(18-13(14)17)8-9-3-5-10(15)6-4-9/h2-6,8,15H,1,7H2. The number of thiocarbonyl (C=S) groups is 1. The van der Waals surface area contributed by atoms with E-state index in [2.05, 4.69) is 6.58 Å². The predicted octanol–water partition coefficient (Wildman–Crippen LogP) is 2.78. The van der Waals surface area contributed by atoms with Crippen LogP contribution in [0.4, 0.5) is 0 Å². The van der Waals surface area contributed by atoms with Crippen LogP contribution in [0.2, 0.25) is 0 Å². The Kier molecular flexibility index (Phi) is 3.84. The van der Waals surface area contributed by atoms with Crippen molar-refractivity contribution < 1.29 is 9.90 Å². The van der Waals surface area contributed by atoms with Crippen molar-refractivity contribution in [3.05, 3.63) is 47.4 Å². The summed E-state index contributed by atoms with van der Waals surface area (Å²) in [5.74, 6) is 0.101. The van der Waals surface area contributed by atoms with Gasteiger partial charge in [-0.3, -0.25) is 9.69 Å². The Morgan fingerprint density at radius 1 is 1.39 bits per heavy atom.